The molecule has 2 rings (SSSR count). The molecule has 0 saturated carbocycles. The van der Waals surface area contributed by atoms with Crippen molar-refractivity contribution in [1.82, 2.24) is 0 Å². The number of esters is 1. The molecule has 0 spiro atoms. The molecular formula is C17H21NO3S. The number of benzene rings is 1. The van der Waals surface area contributed by atoms with E-state index in [1.54, 1.807) is 6.92 Å². The van der Waals surface area contributed by atoms with E-state index < -0.39 is 5.97 Å². The Balaban J connectivity index is 2.63. The Hall–Kier alpha value is -1.88. The van der Waals surface area contributed by atoms with Crippen molar-refractivity contribution >= 4 is 38.3 Å². The predicted molar refractivity (Wildman–Crippen MR) is 90.8 cm³/mol. The Morgan fingerprint density at radius 3 is 2.50 bits per heavy atom. The zero-order valence-corrected chi connectivity index (χ0v) is 14.4. The SMILES string of the molecule is CCOC(=O)c1c(NC(C)=O)sc2cc(C(C)(C)C)ccc12. The lowest BCUT2D eigenvalue weighted by atomic mass is 9.87. The molecule has 2 aromatic rings. The summed E-state index contributed by atoms with van der Waals surface area (Å²) in [5, 5.41) is 4.11. The lowest BCUT2D eigenvalue weighted by Crippen LogP contribution is -2.11. The summed E-state index contributed by atoms with van der Waals surface area (Å²) in [6.45, 7) is 9.92. The number of hydrogen-bond acceptors (Lipinski definition) is 4. The van der Waals surface area contributed by atoms with Gasteiger partial charge in [-0.2, -0.15) is 0 Å². The third-order valence-electron chi connectivity index (χ3n) is 3.33. The molecule has 0 fully saturated rings. The van der Waals surface area contributed by atoms with Crippen LogP contribution in [0.15, 0.2) is 18.2 Å². The number of amides is 1. The van der Waals surface area contributed by atoms with Crippen LogP contribution in [0.2, 0.25) is 0 Å². The van der Waals surface area contributed by atoms with Crippen LogP contribution in [-0.2, 0) is 14.9 Å². The average molecular weight is 319 g/mol. The summed E-state index contributed by atoms with van der Waals surface area (Å²) in [6.07, 6.45) is 0. The number of ether oxygens (including phenoxy) is 1. The number of fused-ring (bicyclic) bond motifs is 1. The zero-order valence-electron chi connectivity index (χ0n) is 13.6. The Labute approximate surface area is 134 Å². The summed E-state index contributed by atoms with van der Waals surface area (Å²) in [7, 11) is 0. The summed E-state index contributed by atoms with van der Waals surface area (Å²) in [5.74, 6) is -0.603. The Bertz CT molecular complexity index is 725. The van der Waals surface area contributed by atoms with E-state index in [1.165, 1.54) is 23.8 Å². The summed E-state index contributed by atoms with van der Waals surface area (Å²) in [6, 6.07) is 6.04. The molecule has 5 heteroatoms. The van der Waals surface area contributed by atoms with Crippen molar-refractivity contribution in [3.63, 3.8) is 0 Å². The van der Waals surface area contributed by atoms with E-state index in [9.17, 15) is 9.59 Å². The molecule has 0 aliphatic rings. The number of nitrogens with one attached hydrogen (secondary N) is 1. The molecule has 0 aliphatic heterocycles. The van der Waals surface area contributed by atoms with Crippen molar-refractivity contribution in [3.05, 3.63) is 29.3 Å². The van der Waals surface area contributed by atoms with E-state index in [0.717, 1.165) is 10.1 Å². The van der Waals surface area contributed by atoms with E-state index in [4.69, 9.17) is 4.74 Å². The lowest BCUT2D eigenvalue weighted by molar-refractivity contribution is -0.114. The number of hydrogen-bond donors (Lipinski definition) is 1. The number of carbonyl (C=O) groups is 2. The molecule has 0 unspecified atom stereocenters. The number of thiophene rings is 1. The monoisotopic (exact) mass is 319 g/mol. The van der Waals surface area contributed by atoms with Crippen LogP contribution >= 0.6 is 11.3 Å². The van der Waals surface area contributed by atoms with E-state index in [-0.39, 0.29) is 11.3 Å². The van der Waals surface area contributed by atoms with Crippen molar-refractivity contribution in [2.24, 2.45) is 0 Å². The van der Waals surface area contributed by atoms with E-state index in [1.807, 2.05) is 12.1 Å². The molecule has 1 amide bonds. The van der Waals surface area contributed by atoms with Crippen LogP contribution in [0.3, 0.4) is 0 Å². The molecule has 22 heavy (non-hydrogen) atoms. The maximum absolute atomic E-state index is 12.2. The van der Waals surface area contributed by atoms with Gasteiger partial charge in [-0.05, 0) is 24.0 Å². The predicted octanol–water partition coefficient (Wildman–Crippen LogP) is 4.33. The minimum atomic E-state index is -0.402. The minimum Gasteiger partial charge on any atom is -0.462 e. The second-order valence-corrected chi connectivity index (χ2v) is 7.22. The van der Waals surface area contributed by atoms with Crippen molar-refractivity contribution in [1.29, 1.82) is 0 Å². The molecule has 0 saturated heterocycles. The fraction of sp³-hybridized carbons (Fsp3) is 0.412. The topological polar surface area (TPSA) is 55.4 Å². The summed E-state index contributed by atoms with van der Waals surface area (Å²) in [5.41, 5.74) is 1.65. The van der Waals surface area contributed by atoms with Crippen LogP contribution in [0.4, 0.5) is 5.00 Å². The summed E-state index contributed by atoms with van der Waals surface area (Å²) < 4.78 is 6.10. The highest BCUT2D eigenvalue weighted by Gasteiger charge is 2.22. The number of anilines is 1. The first-order chi connectivity index (χ1) is 10.2. The van der Waals surface area contributed by atoms with E-state index in [0.29, 0.717) is 17.2 Å². The van der Waals surface area contributed by atoms with Gasteiger partial charge in [-0.15, -0.1) is 11.3 Å². The van der Waals surface area contributed by atoms with Gasteiger partial charge in [-0.1, -0.05) is 32.9 Å². The smallest absolute Gasteiger partial charge is 0.341 e. The quantitative estimate of drug-likeness (QED) is 0.857. The molecule has 1 N–H and O–H groups in total. The molecule has 4 nitrogen and oxygen atoms in total. The van der Waals surface area contributed by atoms with Crippen molar-refractivity contribution in [2.45, 2.75) is 40.0 Å². The number of carbonyl (C=O) groups excluding carboxylic acids is 2. The number of rotatable bonds is 3. The van der Waals surface area contributed by atoms with Gasteiger partial charge in [0.15, 0.2) is 0 Å². The van der Waals surface area contributed by atoms with Gasteiger partial charge in [0.1, 0.15) is 10.6 Å². The standard InChI is InChI=1S/C17H21NO3S/c1-6-21-16(20)14-12-8-7-11(17(3,4)5)9-13(12)22-15(14)18-10(2)19/h7-9H,6H2,1-5H3,(H,18,19). The molecule has 0 bridgehead atoms. The van der Waals surface area contributed by atoms with Gasteiger partial charge in [0.25, 0.3) is 0 Å². The van der Waals surface area contributed by atoms with Crippen LogP contribution in [-0.4, -0.2) is 18.5 Å². The summed E-state index contributed by atoms with van der Waals surface area (Å²) in [4.78, 5) is 23.6. The van der Waals surface area contributed by atoms with Crippen molar-refractivity contribution in [3.8, 4) is 0 Å². The molecular weight excluding hydrogens is 298 g/mol. The van der Waals surface area contributed by atoms with Gasteiger partial charge >= 0.3 is 5.97 Å². The fourth-order valence-corrected chi connectivity index (χ4v) is 3.39. The highest BCUT2D eigenvalue weighted by molar-refractivity contribution is 7.23. The van der Waals surface area contributed by atoms with Crippen molar-refractivity contribution in [2.75, 3.05) is 11.9 Å². The zero-order chi connectivity index (χ0) is 16.5. The highest BCUT2D eigenvalue weighted by Crippen LogP contribution is 2.38. The van der Waals surface area contributed by atoms with Crippen LogP contribution in [0.1, 0.15) is 50.5 Å². The van der Waals surface area contributed by atoms with Crippen LogP contribution in [0.25, 0.3) is 10.1 Å². The average Bonchev–Trinajstić information content (AvgIpc) is 2.73. The van der Waals surface area contributed by atoms with Gasteiger partial charge in [0.05, 0.1) is 6.61 Å². The second kappa shape index (κ2) is 6.08. The maximum atomic E-state index is 12.2. The molecule has 118 valence electrons. The van der Waals surface area contributed by atoms with Gasteiger partial charge < -0.3 is 10.1 Å². The second-order valence-electron chi connectivity index (χ2n) is 6.17. The first kappa shape index (κ1) is 16.5. The van der Waals surface area contributed by atoms with Crippen LogP contribution in [0, 0.1) is 0 Å². The molecule has 1 heterocycles. The first-order valence-corrected chi connectivity index (χ1v) is 8.07. The maximum Gasteiger partial charge on any atom is 0.341 e. The van der Waals surface area contributed by atoms with Crippen LogP contribution < -0.4 is 5.32 Å². The Kier molecular flexibility index (Phi) is 4.56. The first-order valence-electron chi connectivity index (χ1n) is 7.25. The molecule has 0 atom stereocenters. The van der Waals surface area contributed by atoms with Gasteiger partial charge in [-0.3, -0.25) is 4.79 Å². The molecule has 1 aromatic heterocycles. The van der Waals surface area contributed by atoms with Crippen molar-refractivity contribution < 1.29 is 14.3 Å². The van der Waals surface area contributed by atoms with Gasteiger partial charge in [-0.25, -0.2) is 4.79 Å². The minimum absolute atomic E-state index is 0.0242. The largest absolute Gasteiger partial charge is 0.462 e. The molecule has 0 aliphatic carbocycles. The van der Waals surface area contributed by atoms with E-state index in [2.05, 4.69) is 32.2 Å². The van der Waals surface area contributed by atoms with Crippen LogP contribution in [0.5, 0.6) is 0 Å². The Morgan fingerprint density at radius 1 is 1.27 bits per heavy atom. The van der Waals surface area contributed by atoms with Gasteiger partial charge in [0, 0.05) is 17.0 Å². The normalized spacial score (nSPS) is 11.5. The summed E-state index contributed by atoms with van der Waals surface area (Å²) >= 11 is 1.40. The third kappa shape index (κ3) is 3.30. The fourth-order valence-electron chi connectivity index (χ4n) is 2.22. The Morgan fingerprint density at radius 2 is 1.95 bits per heavy atom. The van der Waals surface area contributed by atoms with Gasteiger partial charge in [0.2, 0.25) is 5.91 Å². The molecule has 1 aromatic carbocycles. The molecule has 0 radical (unpaired) electrons. The lowest BCUT2D eigenvalue weighted by Gasteiger charge is -2.18. The van der Waals surface area contributed by atoms with E-state index >= 15 is 0 Å². The third-order valence-corrected chi connectivity index (χ3v) is 4.39. The highest BCUT2D eigenvalue weighted by atomic mass is 32.1.